The van der Waals surface area contributed by atoms with E-state index in [9.17, 15) is 17.4 Å². The van der Waals surface area contributed by atoms with E-state index in [1.54, 1.807) is 25.1 Å². The van der Waals surface area contributed by atoms with Gasteiger partial charge in [0.2, 0.25) is 0 Å². The summed E-state index contributed by atoms with van der Waals surface area (Å²) in [6.07, 6.45) is 0. The molecule has 0 saturated heterocycles. The summed E-state index contributed by atoms with van der Waals surface area (Å²) in [6, 6.07) is 6.30. The Kier molecular flexibility index (Phi) is 3.10. The first-order valence-electron chi connectivity index (χ1n) is 4.10. The molecular formula is C9H11FO3S. The zero-order valence-corrected chi connectivity index (χ0v) is 8.46. The van der Waals surface area contributed by atoms with E-state index in [2.05, 4.69) is 0 Å². The van der Waals surface area contributed by atoms with Crippen LogP contribution < -0.4 is 0 Å². The highest BCUT2D eigenvalue weighted by atomic mass is 32.3. The van der Waals surface area contributed by atoms with Crippen molar-refractivity contribution >= 4 is 10.2 Å². The Bertz CT molecular complexity index is 414. The van der Waals surface area contributed by atoms with Crippen LogP contribution in [0.5, 0.6) is 5.75 Å². The summed E-state index contributed by atoms with van der Waals surface area (Å²) < 4.78 is 33.1. The van der Waals surface area contributed by atoms with Gasteiger partial charge in [-0.1, -0.05) is 25.1 Å². The Morgan fingerprint density at radius 2 is 2.00 bits per heavy atom. The maximum Gasteiger partial charge on any atom is 0.303 e. The molecule has 0 amide bonds. The smallest absolute Gasteiger partial charge is 0.303 e. The predicted molar refractivity (Wildman–Crippen MR) is 51.4 cm³/mol. The predicted octanol–water partition coefficient (Wildman–Crippen LogP) is 1.79. The van der Waals surface area contributed by atoms with Crippen LogP contribution >= 0.6 is 0 Å². The topological polar surface area (TPSA) is 54.4 Å². The molecule has 0 fully saturated rings. The van der Waals surface area contributed by atoms with Gasteiger partial charge in [0.15, 0.2) is 0 Å². The van der Waals surface area contributed by atoms with E-state index in [0.717, 1.165) is 0 Å². The molecule has 1 atom stereocenters. The average molecular weight is 218 g/mol. The molecule has 0 heterocycles. The van der Waals surface area contributed by atoms with Gasteiger partial charge in [0.1, 0.15) is 5.75 Å². The number of phenols is 1. The van der Waals surface area contributed by atoms with Gasteiger partial charge in [-0.05, 0) is 11.6 Å². The van der Waals surface area contributed by atoms with Crippen molar-refractivity contribution in [3.63, 3.8) is 0 Å². The van der Waals surface area contributed by atoms with Gasteiger partial charge in [0, 0.05) is 5.92 Å². The minimum atomic E-state index is -4.50. The van der Waals surface area contributed by atoms with E-state index < -0.39 is 21.9 Å². The van der Waals surface area contributed by atoms with E-state index in [0.29, 0.717) is 5.56 Å². The highest BCUT2D eigenvalue weighted by Gasteiger charge is 2.17. The number of benzene rings is 1. The van der Waals surface area contributed by atoms with Gasteiger partial charge in [0.05, 0.1) is 5.75 Å². The van der Waals surface area contributed by atoms with Gasteiger partial charge < -0.3 is 5.11 Å². The van der Waals surface area contributed by atoms with Crippen molar-refractivity contribution in [1.29, 1.82) is 0 Å². The van der Waals surface area contributed by atoms with Crippen LogP contribution in [0.25, 0.3) is 0 Å². The van der Waals surface area contributed by atoms with E-state index in [1.807, 2.05) is 0 Å². The van der Waals surface area contributed by atoms with Gasteiger partial charge >= 0.3 is 10.2 Å². The summed E-state index contributed by atoms with van der Waals surface area (Å²) in [6.45, 7) is 1.55. The van der Waals surface area contributed by atoms with Crippen LogP contribution in [0.1, 0.15) is 18.4 Å². The number of rotatable bonds is 3. The molecule has 0 aromatic heterocycles. The largest absolute Gasteiger partial charge is 0.508 e. The Hall–Kier alpha value is -1.10. The summed E-state index contributed by atoms with van der Waals surface area (Å²) >= 11 is 0. The molecular weight excluding hydrogens is 207 g/mol. The molecule has 1 unspecified atom stereocenters. The number of phenolic OH excluding ortho intramolecular Hbond substituents is 1. The van der Waals surface area contributed by atoms with E-state index in [-0.39, 0.29) is 5.75 Å². The Morgan fingerprint density at radius 1 is 1.43 bits per heavy atom. The minimum absolute atomic E-state index is 0.0105. The molecule has 0 bridgehead atoms. The molecule has 1 rings (SSSR count). The third-order valence-corrected chi connectivity index (χ3v) is 2.81. The van der Waals surface area contributed by atoms with Gasteiger partial charge in [0.25, 0.3) is 0 Å². The standard InChI is InChI=1S/C9H11FO3S/c1-7(6-14(10,12)13)8-4-2-3-5-9(8)11/h2-5,7,11H,6H2,1H3. The molecule has 5 heteroatoms. The second-order valence-corrected chi connectivity index (χ2v) is 4.58. The zero-order chi connectivity index (χ0) is 10.8. The second kappa shape index (κ2) is 3.96. The van der Waals surface area contributed by atoms with E-state index in [4.69, 9.17) is 0 Å². The normalized spacial score (nSPS) is 13.9. The summed E-state index contributed by atoms with van der Waals surface area (Å²) in [4.78, 5) is 0. The van der Waals surface area contributed by atoms with Crippen molar-refractivity contribution in [1.82, 2.24) is 0 Å². The molecule has 0 aliphatic rings. The molecule has 14 heavy (non-hydrogen) atoms. The highest BCUT2D eigenvalue weighted by Crippen LogP contribution is 2.26. The number of aromatic hydroxyl groups is 1. The van der Waals surface area contributed by atoms with Gasteiger partial charge in [-0.15, -0.1) is 3.89 Å². The van der Waals surface area contributed by atoms with Gasteiger partial charge in [-0.2, -0.15) is 8.42 Å². The van der Waals surface area contributed by atoms with Crippen molar-refractivity contribution in [2.75, 3.05) is 5.75 Å². The maximum atomic E-state index is 12.3. The highest BCUT2D eigenvalue weighted by molar-refractivity contribution is 7.86. The third-order valence-electron chi connectivity index (χ3n) is 1.92. The fourth-order valence-corrected chi connectivity index (χ4v) is 2.07. The van der Waals surface area contributed by atoms with Crippen molar-refractivity contribution in [2.24, 2.45) is 0 Å². The molecule has 1 aromatic rings. The Balaban J connectivity index is 2.90. The number of para-hydroxylation sites is 1. The van der Waals surface area contributed by atoms with Crippen LogP contribution in [0.4, 0.5) is 3.89 Å². The Morgan fingerprint density at radius 3 is 2.50 bits per heavy atom. The molecule has 0 aliphatic carbocycles. The Labute approximate surface area is 82.4 Å². The van der Waals surface area contributed by atoms with Crippen LogP contribution in [0, 0.1) is 0 Å². The number of hydrogen-bond acceptors (Lipinski definition) is 3. The molecule has 3 nitrogen and oxygen atoms in total. The van der Waals surface area contributed by atoms with Gasteiger partial charge in [-0.25, -0.2) is 0 Å². The summed E-state index contributed by atoms with van der Waals surface area (Å²) in [5.74, 6) is -1.17. The first kappa shape index (κ1) is 11.0. The molecule has 1 aromatic carbocycles. The first-order chi connectivity index (χ1) is 6.40. The second-order valence-electron chi connectivity index (χ2n) is 3.17. The number of halogens is 1. The fourth-order valence-electron chi connectivity index (χ4n) is 1.29. The van der Waals surface area contributed by atoms with Crippen LogP contribution in [0.15, 0.2) is 24.3 Å². The SMILES string of the molecule is CC(CS(=O)(=O)F)c1ccccc1O. The summed E-state index contributed by atoms with van der Waals surface area (Å²) in [7, 11) is -4.50. The molecule has 0 spiro atoms. The molecule has 78 valence electrons. The van der Waals surface area contributed by atoms with E-state index >= 15 is 0 Å². The van der Waals surface area contributed by atoms with E-state index in [1.165, 1.54) is 6.07 Å². The minimum Gasteiger partial charge on any atom is -0.508 e. The van der Waals surface area contributed by atoms with Crippen molar-refractivity contribution < 1.29 is 17.4 Å². The van der Waals surface area contributed by atoms with Crippen LogP contribution in [0.3, 0.4) is 0 Å². The lowest BCUT2D eigenvalue weighted by molar-refractivity contribution is 0.464. The van der Waals surface area contributed by atoms with Gasteiger partial charge in [-0.3, -0.25) is 0 Å². The lowest BCUT2D eigenvalue weighted by Crippen LogP contribution is -2.07. The molecule has 0 radical (unpaired) electrons. The molecule has 0 aliphatic heterocycles. The quantitative estimate of drug-likeness (QED) is 0.787. The average Bonchev–Trinajstić information content (AvgIpc) is 2.01. The monoisotopic (exact) mass is 218 g/mol. The van der Waals surface area contributed by atoms with Crippen molar-refractivity contribution in [2.45, 2.75) is 12.8 Å². The molecule has 0 saturated carbocycles. The van der Waals surface area contributed by atoms with Crippen LogP contribution in [0.2, 0.25) is 0 Å². The van der Waals surface area contributed by atoms with Crippen molar-refractivity contribution in [3.05, 3.63) is 29.8 Å². The summed E-state index contributed by atoms with van der Waals surface area (Å²) in [5.41, 5.74) is 0.439. The third kappa shape index (κ3) is 2.99. The lowest BCUT2D eigenvalue weighted by atomic mass is 10.0. The molecule has 1 N–H and O–H groups in total. The van der Waals surface area contributed by atoms with Crippen LogP contribution in [-0.2, 0) is 10.2 Å². The zero-order valence-electron chi connectivity index (χ0n) is 7.64. The van der Waals surface area contributed by atoms with Crippen molar-refractivity contribution in [3.8, 4) is 5.75 Å². The first-order valence-corrected chi connectivity index (χ1v) is 5.65. The summed E-state index contributed by atoms with van der Waals surface area (Å²) in [5, 5.41) is 9.36. The fraction of sp³-hybridized carbons (Fsp3) is 0.333. The lowest BCUT2D eigenvalue weighted by Gasteiger charge is -2.10. The van der Waals surface area contributed by atoms with Crippen LogP contribution in [-0.4, -0.2) is 19.3 Å². The maximum absolute atomic E-state index is 12.3. The number of hydrogen-bond donors (Lipinski definition) is 1.